The van der Waals surface area contributed by atoms with E-state index in [-0.39, 0.29) is 6.61 Å². The lowest BCUT2D eigenvalue weighted by molar-refractivity contribution is -0.134. The molecular weight excluding hydrogens is 256 g/mol. The first-order valence-electron chi connectivity index (χ1n) is 6.10. The first-order chi connectivity index (χ1) is 9.76. The smallest absolute Gasteiger partial charge is 0.330 e. The van der Waals surface area contributed by atoms with Gasteiger partial charge in [0.25, 0.3) is 0 Å². The average Bonchev–Trinajstić information content (AvgIpc) is 2.50. The van der Waals surface area contributed by atoms with Crippen LogP contribution in [-0.4, -0.2) is 26.0 Å². The van der Waals surface area contributed by atoms with Crippen molar-refractivity contribution >= 4 is 23.0 Å². The maximum absolute atomic E-state index is 11.3. The maximum atomic E-state index is 11.3. The number of fused-ring (bicyclic) bond motifs is 1. The molecule has 0 spiro atoms. The lowest BCUT2D eigenvalue weighted by Crippen LogP contribution is -2.00. The zero-order chi connectivity index (χ0) is 14.4. The van der Waals surface area contributed by atoms with E-state index in [1.54, 1.807) is 6.07 Å². The molecule has 0 aliphatic carbocycles. The Morgan fingerprint density at radius 3 is 2.75 bits per heavy atom. The van der Waals surface area contributed by atoms with Crippen LogP contribution >= 0.6 is 0 Å². The fourth-order valence-electron chi connectivity index (χ4n) is 1.87. The van der Waals surface area contributed by atoms with Crippen molar-refractivity contribution in [3.8, 4) is 5.75 Å². The number of methoxy groups -OCH3 is 1. The van der Waals surface area contributed by atoms with E-state index in [0.29, 0.717) is 11.3 Å². The van der Waals surface area contributed by atoms with Crippen LogP contribution in [0.25, 0.3) is 10.8 Å². The summed E-state index contributed by atoms with van der Waals surface area (Å²) in [6.45, 7) is 0.189. The van der Waals surface area contributed by atoms with Gasteiger partial charge < -0.3 is 9.47 Å². The van der Waals surface area contributed by atoms with Crippen LogP contribution in [0.15, 0.2) is 48.6 Å². The van der Waals surface area contributed by atoms with Crippen molar-refractivity contribution in [3.63, 3.8) is 0 Å². The Balaban J connectivity index is 2.20. The highest BCUT2D eigenvalue weighted by molar-refractivity contribution is 6.00. The molecule has 0 aliphatic rings. The van der Waals surface area contributed by atoms with Crippen molar-refractivity contribution in [2.75, 3.05) is 13.7 Å². The van der Waals surface area contributed by atoms with E-state index in [1.165, 1.54) is 19.3 Å². The summed E-state index contributed by atoms with van der Waals surface area (Å²) in [6.07, 6.45) is 3.60. The molecule has 0 fully saturated rings. The number of hydrogen-bond acceptors (Lipinski definition) is 4. The average molecular weight is 270 g/mol. The van der Waals surface area contributed by atoms with Gasteiger partial charge in [-0.3, -0.25) is 4.79 Å². The molecule has 0 unspecified atom stereocenters. The first kappa shape index (κ1) is 13.8. The second kappa shape index (κ2) is 6.52. The molecule has 0 saturated carbocycles. The molecule has 0 aromatic heterocycles. The number of carbonyl (C=O) groups is 2. The molecule has 2 aromatic carbocycles. The van der Waals surface area contributed by atoms with Crippen molar-refractivity contribution in [1.29, 1.82) is 0 Å². The van der Waals surface area contributed by atoms with Gasteiger partial charge in [0.15, 0.2) is 6.29 Å². The molecule has 0 atom stereocenters. The Labute approximate surface area is 116 Å². The Morgan fingerprint density at radius 1 is 1.20 bits per heavy atom. The highest BCUT2D eigenvalue weighted by Gasteiger charge is 2.07. The monoisotopic (exact) mass is 270 g/mol. The number of carbonyl (C=O) groups excluding carboxylic acids is 2. The maximum Gasteiger partial charge on any atom is 0.330 e. The van der Waals surface area contributed by atoms with E-state index >= 15 is 0 Å². The Morgan fingerprint density at radius 2 is 2.00 bits per heavy atom. The van der Waals surface area contributed by atoms with Crippen LogP contribution in [0.2, 0.25) is 0 Å². The third kappa shape index (κ3) is 3.03. The van der Waals surface area contributed by atoms with E-state index in [1.807, 2.05) is 30.3 Å². The number of ether oxygens (including phenoxy) is 2. The van der Waals surface area contributed by atoms with Gasteiger partial charge in [-0.25, -0.2) is 4.79 Å². The highest BCUT2D eigenvalue weighted by atomic mass is 16.5. The summed E-state index contributed by atoms with van der Waals surface area (Å²) in [6, 6.07) is 11.2. The molecule has 0 bridgehead atoms. The molecule has 0 amide bonds. The van der Waals surface area contributed by atoms with Crippen molar-refractivity contribution < 1.29 is 19.1 Å². The van der Waals surface area contributed by atoms with Crippen LogP contribution in [0.5, 0.6) is 5.75 Å². The van der Waals surface area contributed by atoms with E-state index in [0.717, 1.165) is 17.1 Å². The summed E-state index contributed by atoms with van der Waals surface area (Å²) in [5.74, 6) is 0.0518. The van der Waals surface area contributed by atoms with Crippen LogP contribution in [0, 0.1) is 0 Å². The fraction of sp³-hybridized carbons (Fsp3) is 0.125. The minimum Gasteiger partial charge on any atom is -0.489 e. The SMILES string of the molecule is COC(=O)C=CCOc1ccc2ccccc2c1C=O. The molecule has 102 valence electrons. The van der Waals surface area contributed by atoms with Gasteiger partial charge in [0, 0.05) is 6.08 Å². The van der Waals surface area contributed by atoms with Gasteiger partial charge in [-0.15, -0.1) is 0 Å². The Bertz CT molecular complexity index is 659. The Hall–Kier alpha value is -2.62. The topological polar surface area (TPSA) is 52.6 Å². The van der Waals surface area contributed by atoms with Gasteiger partial charge in [0.2, 0.25) is 0 Å². The van der Waals surface area contributed by atoms with Crippen LogP contribution in [0.3, 0.4) is 0 Å². The van der Waals surface area contributed by atoms with Gasteiger partial charge in [-0.05, 0) is 22.9 Å². The number of benzene rings is 2. The first-order valence-corrected chi connectivity index (χ1v) is 6.10. The van der Waals surface area contributed by atoms with E-state index in [2.05, 4.69) is 4.74 Å². The molecule has 0 radical (unpaired) electrons. The minimum atomic E-state index is -0.442. The summed E-state index contributed by atoms with van der Waals surface area (Å²) in [7, 11) is 1.31. The van der Waals surface area contributed by atoms with Crippen LogP contribution in [-0.2, 0) is 9.53 Å². The summed E-state index contributed by atoms with van der Waals surface area (Å²) >= 11 is 0. The zero-order valence-electron chi connectivity index (χ0n) is 11.0. The molecule has 20 heavy (non-hydrogen) atoms. The van der Waals surface area contributed by atoms with Crippen LogP contribution in [0.1, 0.15) is 10.4 Å². The standard InChI is InChI=1S/C16H14O4/c1-19-16(18)7-4-10-20-15-9-8-12-5-2-3-6-13(12)14(15)11-17/h2-9,11H,10H2,1H3. The van der Waals surface area contributed by atoms with Crippen LogP contribution < -0.4 is 4.74 Å². The van der Waals surface area contributed by atoms with Crippen molar-refractivity contribution in [2.45, 2.75) is 0 Å². The summed E-state index contributed by atoms with van der Waals surface area (Å²) in [5, 5.41) is 1.82. The number of aldehydes is 1. The summed E-state index contributed by atoms with van der Waals surface area (Å²) in [4.78, 5) is 22.2. The van der Waals surface area contributed by atoms with Gasteiger partial charge in [0.1, 0.15) is 12.4 Å². The number of esters is 1. The van der Waals surface area contributed by atoms with Crippen LogP contribution in [0.4, 0.5) is 0 Å². The van der Waals surface area contributed by atoms with Gasteiger partial charge in [0.05, 0.1) is 12.7 Å². The highest BCUT2D eigenvalue weighted by Crippen LogP contribution is 2.26. The van der Waals surface area contributed by atoms with Crippen molar-refractivity contribution in [3.05, 3.63) is 54.1 Å². The fourth-order valence-corrected chi connectivity index (χ4v) is 1.87. The molecule has 4 nitrogen and oxygen atoms in total. The Kier molecular flexibility index (Phi) is 4.50. The molecule has 0 aliphatic heterocycles. The van der Waals surface area contributed by atoms with E-state index in [4.69, 9.17) is 4.74 Å². The quantitative estimate of drug-likeness (QED) is 0.476. The molecule has 0 heterocycles. The zero-order valence-corrected chi connectivity index (χ0v) is 11.0. The molecule has 2 rings (SSSR count). The van der Waals surface area contributed by atoms with Crippen molar-refractivity contribution in [1.82, 2.24) is 0 Å². The summed E-state index contributed by atoms with van der Waals surface area (Å²) in [5.41, 5.74) is 0.509. The molecular formula is C16H14O4. The number of rotatable bonds is 5. The van der Waals surface area contributed by atoms with Crippen molar-refractivity contribution in [2.24, 2.45) is 0 Å². The number of hydrogen-bond donors (Lipinski definition) is 0. The third-order valence-corrected chi connectivity index (χ3v) is 2.84. The molecule has 0 saturated heterocycles. The van der Waals surface area contributed by atoms with E-state index < -0.39 is 5.97 Å². The van der Waals surface area contributed by atoms with Gasteiger partial charge in [-0.2, -0.15) is 0 Å². The summed E-state index contributed by atoms with van der Waals surface area (Å²) < 4.78 is 9.97. The predicted molar refractivity (Wildman–Crippen MR) is 76.0 cm³/mol. The van der Waals surface area contributed by atoms with E-state index in [9.17, 15) is 9.59 Å². The minimum absolute atomic E-state index is 0.189. The molecule has 2 aromatic rings. The normalized spacial score (nSPS) is 10.7. The second-order valence-electron chi connectivity index (χ2n) is 4.05. The lowest BCUT2D eigenvalue weighted by Gasteiger charge is -2.09. The van der Waals surface area contributed by atoms with Gasteiger partial charge in [-0.1, -0.05) is 30.3 Å². The molecule has 4 heteroatoms. The largest absolute Gasteiger partial charge is 0.489 e. The predicted octanol–water partition coefficient (Wildman–Crippen LogP) is 2.76. The second-order valence-corrected chi connectivity index (χ2v) is 4.05. The molecule has 0 N–H and O–H groups in total. The third-order valence-electron chi connectivity index (χ3n) is 2.84. The lowest BCUT2D eigenvalue weighted by atomic mass is 10.0. The van der Waals surface area contributed by atoms with Gasteiger partial charge >= 0.3 is 5.97 Å².